The van der Waals surface area contributed by atoms with Gasteiger partial charge < -0.3 is 18.9 Å². The van der Waals surface area contributed by atoms with Crippen LogP contribution in [0, 0.1) is 6.92 Å². The van der Waals surface area contributed by atoms with Crippen LogP contribution in [0.25, 0.3) is 204 Å². The second-order valence-corrected chi connectivity index (χ2v) is 33.8. The standard InChI is InChI=1S/C118H78N4/c1-5-6-32-90-72(2)89-33-13-15-36-94(89)111-99-40-22-43-104-114(99)116-106(67-54-77-24-20-38-97(108(77)116)110(90)111)121(104)85-60-49-75(50-61-85)73-45-56-83(57-46-73)119(81-27-9-7-10-28-81)87-31-19-26-79(69-87)80-53-65-96-101(70-80)91-34-14-16-37-95(91)112-100-41-23-44-105-115(100)117-107(68-55-78-25-21-39-98(109(78)117)113(96)112)122(105)86-62-51-76(52-63-86)74-47-58-84(59-48-74)120(82-29-11-8-12-30-82)88-64-66-93-92-35-17-18-42-102(92)118(3,4)103(93)71-88/h5-71H,1H2,2-4H3/b32-6-. The third-order valence-electron chi connectivity index (χ3n) is 27.1. The quantitative estimate of drug-likeness (QED) is 0.0845. The molecule has 0 radical (unpaired) electrons. The van der Waals surface area contributed by atoms with Crippen molar-refractivity contribution in [1.82, 2.24) is 9.13 Å². The molecule has 0 aliphatic heterocycles. The summed E-state index contributed by atoms with van der Waals surface area (Å²) in [5, 5.41) is 17.7. The van der Waals surface area contributed by atoms with Crippen LogP contribution in [0.1, 0.15) is 36.1 Å². The molecule has 0 saturated carbocycles. The summed E-state index contributed by atoms with van der Waals surface area (Å²) < 4.78 is 4.99. The Morgan fingerprint density at radius 2 is 0.656 bits per heavy atom. The number of aromatic nitrogens is 2. The molecule has 0 unspecified atom stereocenters. The van der Waals surface area contributed by atoms with E-state index in [2.05, 4.69) is 447 Å². The lowest BCUT2D eigenvalue weighted by molar-refractivity contribution is 0.660. The van der Waals surface area contributed by atoms with Crippen LogP contribution < -0.4 is 9.80 Å². The van der Waals surface area contributed by atoms with Crippen molar-refractivity contribution in [2.24, 2.45) is 0 Å². The number of rotatable bonds is 13. The summed E-state index contributed by atoms with van der Waals surface area (Å²) in [6.07, 6.45) is 6.24. The molecular formula is C118H78N4. The Morgan fingerprint density at radius 3 is 1.22 bits per heavy atom. The molecule has 0 atom stereocenters. The molecule has 2 heterocycles. The summed E-state index contributed by atoms with van der Waals surface area (Å²) >= 11 is 0. The summed E-state index contributed by atoms with van der Waals surface area (Å²) in [7, 11) is 0. The highest BCUT2D eigenvalue weighted by atomic mass is 15.1. The Labute approximate surface area is 707 Å². The van der Waals surface area contributed by atoms with Gasteiger partial charge in [0.15, 0.2) is 0 Å². The minimum Gasteiger partial charge on any atom is -0.310 e. The summed E-state index contributed by atoms with van der Waals surface area (Å²) in [6, 6.07) is 146. The van der Waals surface area contributed by atoms with E-state index in [0.29, 0.717) is 0 Å². The lowest BCUT2D eigenvalue weighted by Gasteiger charge is -2.28. The van der Waals surface area contributed by atoms with E-state index in [1.807, 2.05) is 6.08 Å². The maximum Gasteiger partial charge on any atom is 0.0547 e. The van der Waals surface area contributed by atoms with Crippen LogP contribution >= 0.6 is 0 Å². The van der Waals surface area contributed by atoms with Crippen LogP contribution in [0.15, 0.2) is 407 Å². The highest BCUT2D eigenvalue weighted by Crippen LogP contribution is 2.58. The lowest BCUT2D eigenvalue weighted by atomic mass is 9.82. The molecule has 20 aromatic carbocycles. The number of para-hydroxylation sites is 2. The Balaban J connectivity index is 0.544. The van der Waals surface area contributed by atoms with Crippen molar-refractivity contribution in [1.29, 1.82) is 0 Å². The zero-order valence-corrected chi connectivity index (χ0v) is 67.7. The van der Waals surface area contributed by atoms with Gasteiger partial charge in [0.05, 0.1) is 22.1 Å². The first-order chi connectivity index (χ1) is 60.2. The molecule has 3 aliphatic rings. The molecule has 25 rings (SSSR count). The molecule has 0 spiro atoms. The van der Waals surface area contributed by atoms with Gasteiger partial charge in [-0.3, -0.25) is 0 Å². The maximum atomic E-state index is 4.09. The van der Waals surface area contributed by atoms with Gasteiger partial charge in [0.1, 0.15) is 0 Å². The largest absolute Gasteiger partial charge is 0.310 e. The highest BCUT2D eigenvalue weighted by molar-refractivity contribution is 6.37. The third kappa shape index (κ3) is 10.2. The van der Waals surface area contributed by atoms with Gasteiger partial charge in [-0.05, 0) is 299 Å². The van der Waals surface area contributed by atoms with Crippen LogP contribution in [0.2, 0.25) is 0 Å². The molecule has 0 amide bonds. The summed E-state index contributed by atoms with van der Waals surface area (Å²) in [5.74, 6) is 0. The Morgan fingerprint density at radius 1 is 0.262 bits per heavy atom. The van der Waals surface area contributed by atoms with E-state index >= 15 is 0 Å². The molecule has 2 aromatic heterocycles. The van der Waals surface area contributed by atoms with E-state index < -0.39 is 0 Å². The van der Waals surface area contributed by atoms with Crippen molar-refractivity contribution in [2.75, 3.05) is 9.80 Å². The average molecular weight is 1550 g/mol. The van der Waals surface area contributed by atoms with Crippen molar-refractivity contribution in [3.05, 3.63) is 429 Å². The minimum atomic E-state index is -0.111. The maximum absolute atomic E-state index is 4.09. The van der Waals surface area contributed by atoms with Gasteiger partial charge in [-0.15, -0.1) is 0 Å². The molecule has 4 nitrogen and oxygen atoms in total. The van der Waals surface area contributed by atoms with Crippen LogP contribution in [-0.2, 0) is 5.41 Å². The predicted molar refractivity (Wildman–Crippen MR) is 519 cm³/mol. The fourth-order valence-corrected chi connectivity index (χ4v) is 21.7. The van der Waals surface area contributed by atoms with E-state index in [9.17, 15) is 0 Å². The number of allylic oxidation sites excluding steroid dienone is 2. The van der Waals surface area contributed by atoms with E-state index in [1.165, 1.54) is 186 Å². The second kappa shape index (κ2) is 26.7. The minimum absolute atomic E-state index is 0.111. The molecule has 122 heavy (non-hydrogen) atoms. The SMILES string of the molecule is C=C/C=C\c1c2c(c3ccccc3c1C)-c1cccc3c1c1c4c-2cccc4ccc1n3-c1ccc(-c2ccc(N(c3ccccc3)c3cccc(-c4ccc5c6c(c7ccccc7c5c4)-c4cccc5c4c4c7c-6cccc7ccc4n5-c4ccc(-c5ccc(N(c6ccccc6)c6ccc7c(c6)C(C)(C)c6ccccc6-7)cc5)cc4)c3)cc2)cc1. The second-order valence-electron chi connectivity index (χ2n) is 33.8. The summed E-state index contributed by atoms with van der Waals surface area (Å²) in [6.45, 7) is 11.1. The van der Waals surface area contributed by atoms with E-state index in [1.54, 1.807) is 0 Å². The van der Waals surface area contributed by atoms with Crippen molar-refractivity contribution >= 4 is 138 Å². The molecule has 4 heteroatoms. The van der Waals surface area contributed by atoms with Crippen LogP contribution in [0.4, 0.5) is 34.1 Å². The first-order valence-electron chi connectivity index (χ1n) is 42.5. The zero-order chi connectivity index (χ0) is 80.7. The molecule has 0 fully saturated rings. The molecule has 22 aromatic rings. The molecular weight excluding hydrogens is 1470 g/mol. The van der Waals surface area contributed by atoms with Crippen molar-refractivity contribution < 1.29 is 0 Å². The number of aryl methyl sites for hydroxylation is 1. The van der Waals surface area contributed by atoms with Gasteiger partial charge in [-0.1, -0.05) is 300 Å². The van der Waals surface area contributed by atoms with Crippen molar-refractivity contribution in [3.63, 3.8) is 0 Å². The molecule has 3 aliphatic carbocycles. The fraction of sp³-hybridized carbons (Fsp3) is 0.0339. The Hall–Kier alpha value is -15.6. The van der Waals surface area contributed by atoms with Gasteiger partial charge in [0.2, 0.25) is 0 Å². The molecule has 0 N–H and O–H groups in total. The van der Waals surface area contributed by atoms with Crippen LogP contribution in [-0.4, -0.2) is 9.13 Å². The van der Waals surface area contributed by atoms with Gasteiger partial charge in [-0.25, -0.2) is 0 Å². The molecule has 570 valence electrons. The van der Waals surface area contributed by atoms with Gasteiger partial charge >= 0.3 is 0 Å². The van der Waals surface area contributed by atoms with Gasteiger partial charge in [0.25, 0.3) is 0 Å². The highest BCUT2D eigenvalue weighted by Gasteiger charge is 2.37. The fourth-order valence-electron chi connectivity index (χ4n) is 21.7. The monoisotopic (exact) mass is 1550 g/mol. The van der Waals surface area contributed by atoms with Crippen molar-refractivity contribution in [2.45, 2.75) is 26.2 Å². The zero-order valence-electron chi connectivity index (χ0n) is 67.7. The Bertz CT molecular complexity index is 8260. The number of fused-ring (bicyclic) bond motifs is 16. The number of benzene rings is 20. The Kier molecular flexibility index (Phi) is 15.2. The van der Waals surface area contributed by atoms with Crippen LogP contribution in [0.3, 0.4) is 0 Å². The number of nitrogens with zero attached hydrogens (tertiary/aromatic N) is 4. The van der Waals surface area contributed by atoms with E-state index in [0.717, 1.165) is 67.8 Å². The molecule has 0 saturated heterocycles. The predicted octanol–water partition coefficient (Wildman–Crippen LogP) is 32.7. The summed E-state index contributed by atoms with van der Waals surface area (Å²) in [5.41, 5.74) is 38.5. The first-order valence-corrected chi connectivity index (χ1v) is 42.5. The topological polar surface area (TPSA) is 16.3 Å². The normalized spacial score (nSPS) is 12.8. The van der Waals surface area contributed by atoms with Crippen LogP contribution in [0.5, 0.6) is 0 Å². The first kappa shape index (κ1) is 69.5. The number of hydrogen-bond acceptors (Lipinski definition) is 2. The van der Waals surface area contributed by atoms with Crippen molar-refractivity contribution in [3.8, 4) is 100 Å². The van der Waals surface area contributed by atoms with Gasteiger partial charge in [0, 0.05) is 72.5 Å². The summed E-state index contributed by atoms with van der Waals surface area (Å²) in [4.78, 5) is 4.78. The number of anilines is 6. The number of hydrogen-bond donors (Lipinski definition) is 0. The van der Waals surface area contributed by atoms with Gasteiger partial charge in [-0.2, -0.15) is 0 Å². The smallest absolute Gasteiger partial charge is 0.0547 e. The lowest BCUT2D eigenvalue weighted by Crippen LogP contribution is -2.16. The average Bonchev–Trinajstić information content (AvgIpc) is 1.52. The van der Waals surface area contributed by atoms with E-state index in [4.69, 9.17) is 0 Å². The molecule has 0 bridgehead atoms. The third-order valence-corrected chi connectivity index (χ3v) is 27.1. The van der Waals surface area contributed by atoms with E-state index in [-0.39, 0.29) is 5.41 Å².